The summed E-state index contributed by atoms with van der Waals surface area (Å²) in [5, 5.41) is 0.850. The van der Waals surface area contributed by atoms with Gasteiger partial charge in [0.05, 0.1) is 13.3 Å². The molecule has 0 radical (unpaired) electrons. The van der Waals surface area contributed by atoms with Crippen LogP contribution in [0.2, 0.25) is 0 Å². The van der Waals surface area contributed by atoms with Crippen LogP contribution in [0.25, 0.3) is 11.0 Å². The molecular weight excluding hydrogens is 275 g/mol. The lowest BCUT2D eigenvalue weighted by Crippen LogP contribution is -2.04. The molecule has 0 aliphatic carbocycles. The highest BCUT2D eigenvalue weighted by Crippen LogP contribution is 2.28. The van der Waals surface area contributed by atoms with Gasteiger partial charge in [-0.3, -0.25) is 0 Å². The molecule has 0 bridgehead atoms. The Hall–Kier alpha value is -2.89. The number of halogens is 1. The van der Waals surface area contributed by atoms with Crippen LogP contribution in [0.15, 0.2) is 42.7 Å². The van der Waals surface area contributed by atoms with Gasteiger partial charge in [-0.2, -0.15) is 0 Å². The van der Waals surface area contributed by atoms with Gasteiger partial charge in [0.2, 0.25) is 0 Å². The first-order valence-corrected chi connectivity index (χ1v) is 6.16. The van der Waals surface area contributed by atoms with E-state index in [4.69, 9.17) is 4.74 Å². The third-order valence-electron chi connectivity index (χ3n) is 2.95. The first kappa shape index (κ1) is 13.1. The van der Waals surface area contributed by atoms with Crippen LogP contribution in [-0.2, 0) is 4.74 Å². The van der Waals surface area contributed by atoms with Crippen molar-refractivity contribution >= 4 is 17.0 Å². The van der Waals surface area contributed by atoms with Crippen molar-refractivity contribution in [1.82, 2.24) is 9.97 Å². The Balaban J connectivity index is 1.99. The second-order valence-electron chi connectivity index (χ2n) is 4.32. The molecular formula is C15H11FN2O3. The zero-order valence-corrected chi connectivity index (χ0v) is 11.1. The number of hydrogen-bond acceptors (Lipinski definition) is 4. The third-order valence-corrected chi connectivity index (χ3v) is 2.95. The van der Waals surface area contributed by atoms with E-state index < -0.39 is 11.8 Å². The zero-order valence-electron chi connectivity index (χ0n) is 11.1. The molecule has 2 heterocycles. The van der Waals surface area contributed by atoms with Gasteiger partial charge in [-0.1, -0.05) is 0 Å². The smallest absolute Gasteiger partial charge is 0.341 e. The first-order chi connectivity index (χ1) is 10.2. The number of pyridine rings is 1. The molecule has 5 nitrogen and oxygen atoms in total. The van der Waals surface area contributed by atoms with Gasteiger partial charge in [-0.25, -0.2) is 14.2 Å². The molecule has 106 valence electrons. The van der Waals surface area contributed by atoms with Crippen molar-refractivity contribution in [3.05, 3.63) is 54.1 Å². The highest BCUT2D eigenvalue weighted by atomic mass is 19.1. The topological polar surface area (TPSA) is 64.2 Å². The molecule has 1 aromatic carbocycles. The fourth-order valence-corrected chi connectivity index (χ4v) is 1.96. The number of esters is 1. The molecule has 0 aliphatic rings. The first-order valence-electron chi connectivity index (χ1n) is 6.16. The number of H-pyrrole nitrogens is 1. The second-order valence-corrected chi connectivity index (χ2v) is 4.32. The predicted octanol–water partition coefficient (Wildman–Crippen LogP) is 3.28. The van der Waals surface area contributed by atoms with Crippen molar-refractivity contribution in [2.75, 3.05) is 7.11 Å². The van der Waals surface area contributed by atoms with Gasteiger partial charge in [0.25, 0.3) is 0 Å². The van der Waals surface area contributed by atoms with Crippen molar-refractivity contribution < 1.29 is 18.7 Å². The van der Waals surface area contributed by atoms with Crippen LogP contribution in [0.3, 0.4) is 0 Å². The third kappa shape index (κ3) is 2.55. The predicted molar refractivity (Wildman–Crippen MR) is 73.9 cm³/mol. The Kier molecular flexibility index (Phi) is 3.27. The normalized spacial score (nSPS) is 10.6. The number of nitrogens with zero attached hydrogens (tertiary/aromatic N) is 1. The van der Waals surface area contributed by atoms with Crippen molar-refractivity contribution in [2.24, 2.45) is 0 Å². The second kappa shape index (κ2) is 5.24. The summed E-state index contributed by atoms with van der Waals surface area (Å²) in [7, 11) is 1.25. The monoisotopic (exact) mass is 286 g/mol. The molecule has 2 aromatic heterocycles. The molecule has 3 rings (SSSR count). The molecule has 0 unspecified atom stereocenters. The fraction of sp³-hybridized carbons (Fsp3) is 0.0667. The minimum absolute atomic E-state index is 0.0820. The van der Waals surface area contributed by atoms with Crippen LogP contribution in [-0.4, -0.2) is 23.0 Å². The highest BCUT2D eigenvalue weighted by Gasteiger charge is 2.15. The van der Waals surface area contributed by atoms with Crippen LogP contribution in [0.1, 0.15) is 10.4 Å². The van der Waals surface area contributed by atoms with Gasteiger partial charge in [0.1, 0.15) is 28.5 Å². The molecule has 21 heavy (non-hydrogen) atoms. The Bertz CT molecular complexity index is 814. The number of aromatic nitrogens is 2. The number of carbonyl (C=O) groups is 1. The van der Waals surface area contributed by atoms with Gasteiger partial charge in [0.15, 0.2) is 0 Å². The average molecular weight is 286 g/mol. The van der Waals surface area contributed by atoms with Gasteiger partial charge >= 0.3 is 5.97 Å². The number of benzene rings is 1. The summed E-state index contributed by atoms with van der Waals surface area (Å²) in [5.74, 6) is -0.620. The Labute approximate surface area is 119 Å². The summed E-state index contributed by atoms with van der Waals surface area (Å²) >= 11 is 0. The quantitative estimate of drug-likeness (QED) is 0.750. The molecule has 6 heteroatoms. The maximum atomic E-state index is 13.4. The molecule has 0 saturated carbocycles. The van der Waals surface area contributed by atoms with E-state index in [1.54, 1.807) is 12.3 Å². The number of carbonyl (C=O) groups excluding carboxylic acids is 1. The van der Waals surface area contributed by atoms with Crippen LogP contribution in [0.5, 0.6) is 11.5 Å². The average Bonchev–Trinajstić information content (AvgIpc) is 2.94. The van der Waals surface area contributed by atoms with Gasteiger partial charge in [0, 0.05) is 17.6 Å². The van der Waals surface area contributed by atoms with E-state index in [0.29, 0.717) is 5.75 Å². The fourth-order valence-electron chi connectivity index (χ4n) is 1.96. The Morgan fingerprint density at radius 2 is 2.14 bits per heavy atom. The van der Waals surface area contributed by atoms with Crippen LogP contribution >= 0.6 is 0 Å². The maximum Gasteiger partial charge on any atom is 0.341 e. The Morgan fingerprint density at radius 3 is 2.95 bits per heavy atom. The van der Waals surface area contributed by atoms with Crippen molar-refractivity contribution in [3.8, 4) is 11.5 Å². The van der Waals surface area contributed by atoms with Crippen molar-refractivity contribution in [1.29, 1.82) is 0 Å². The van der Waals surface area contributed by atoms with Crippen molar-refractivity contribution in [2.45, 2.75) is 0 Å². The molecule has 0 spiro atoms. The van der Waals surface area contributed by atoms with E-state index in [9.17, 15) is 9.18 Å². The van der Waals surface area contributed by atoms with Gasteiger partial charge in [-0.15, -0.1) is 0 Å². The van der Waals surface area contributed by atoms with Crippen LogP contribution < -0.4 is 4.74 Å². The number of nitrogens with one attached hydrogen (secondary N) is 1. The summed E-state index contributed by atoms with van der Waals surface area (Å²) in [4.78, 5) is 18.8. The maximum absolute atomic E-state index is 13.4. The standard InChI is InChI=1S/C15H11FN2O3/c1-20-15(19)12-3-2-10(16)7-13(12)21-11-6-9-4-5-17-14(9)18-8-11/h2-8H,1H3,(H,17,18). The number of rotatable bonds is 3. The number of fused-ring (bicyclic) bond motifs is 1. The molecule has 3 aromatic rings. The minimum Gasteiger partial charge on any atom is -0.465 e. The summed E-state index contributed by atoms with van der Waals surface area (Å²) in [5.41, 5.74) is 0.864. The summed E-state index contributed by atoms with van der Waals surface area (Å²) in [6.07, 6.45) is 3.24. The molecule has 0 fully saturated rings. The largest absolute Gasteiger partial charge is 0.465 e. The molecule has 1 N–H and O–H groups in total. The Morgan fingerprint density at radius 1 is 1.29 bits per heavy atom. The SMILES string of the molecule is COC(=O)c1ccc(F)cc1Oc1cnc2[nH]ccc2c1. The molecule has 0 amide bonds. The van der Waals surface area contributed by atoms with E-state index in [-0.39, 0.29) is 11.3 Å². The summed E-state index contributed by atoms with van der Waals surface area (Å²) < 4.78 is 23.6. The number of ether oxygens (including phenoxy) is 2. The highest BCUT2D eigenvalue weighted by molar-refractivity contribution is 5.92. The minimum atomic E-state index is -0.597. The van der Waals surface area contributed by atoms with E-state index in [0.717, 1.165) is 17.1 Å². The molecule has 0 saturated heterocycles. The van der Waals surface area contributed by atoms with Crippen molar-refractivity contribution in [3.63, 3.8) is 0 Å². The summed E-state index contributed by atoms with van der Waals surface area (Å²) in [6.45, 7) is 0. The van der Waals surface area contributed by atoms with Crippen LogP contribution in [0, 0.1) is 5.82 Å². The zero-order chi connectivity index (χ0) is 14.8. The number of aromatic amines is 1. The molecule has 0 atom stereocenters. The number of hydrogen-bond donors (Lipinski definition) is 1. The summed E-state index contributed by atoms with van der Waals surface area (Å²) in [6, 6.07) is 7.20. The molecule has 0 aliphatic heterocycles. The number of methoxy groups -OCH3 is 1. The lowest BCUT2D eigenvalue weighted by atomic mass is 10.2. The van der Waals surface area contributed by atoms with E-state index in [2.05, 4.69) is 14.7 Å². The van der Waals surface area contributed by atoms with E-state index in [1.807, 2.05) is 6.07 Å². The van der Waals surface area contributed by atoms with Gasteiger partial charge < -0.3 is 14.5 Å². The lowest BCUT2D eigenvalue weighted by Gasteiger charge is -2.09. The lowest BCUT2D eigenvalue weighted by molar-refractivity contribution is 0.0598. The van der Waals surface area contributed by atoms with E-state index >= 15 is 0 Å². The van der Waals surface area contributed by atoms with Crippen LogP contribution in [0.4, 0.5) is 4.39 Å². The van der Waals surface area contributed by atoms with Gasteiger partial charge in [-0.05, 0) is 24.3 Å². The van der Waals surface area contributed by atoms with E-state index in [1.165, 1.54) is 25.4 Å².